The Morgan fingerprint density at radius 3 is 2.76 bits per heavy atom. The summed E-state index contributed by atoms with van der Waals surface area (Å²) in [5.41, 5.74) is 6.72. The fourth-order valence-corrected chi connectivity index (χ4v) is 4.43. The van der Waals surface area contributed by atoms with Crippen LogP contribution in [0, 0.1) is 0 Å². The van der Waals surface area contributed by atoms with E-state index in [1.165, 1.54) is 11.0 Å². The number of hydrogen-bond acceptors (Lipinski definition) is 6. The molecule has 2 heterocycles. The Bertz CT molecular complexity index is 1270. The Hall–Kier alpha value is -4.11. The second-order valence-electron chi connectivity index (χ2n) is 8.83. The number of allylic oxidation sites excluding steroid dienone is 3. The molecule has 1 spiro atoms. The average Bonchev–Trinajstić information content (AvgIpc) is 3.48. The van der Waals surface area contributed by atoms with Gasteiger partial charge in [0.1, 0.15) is 11.8 Å². The summed E-state index contributed by atoms with van der Waals surface area (Å²) in [5.74, 6) is -0.700. The lowest BCUT2D eigenvalue weighted by atomic mass is 9.91. The van der Waals surface area contributed by atoms with Crippen molar-refractivity contribution in [3.63, 3.8) is 0 Å². The number of nitrogens with two attached hydrogens (primary N) is 1. The highest BCUT2D eigenvalue weighted by atomic mass is 35.5. The number of nitrogens with zero attached hydrogens (tertiary/aromatic N) is 2. The van der Waals surface area contributed by atoms with Crippen molar-refractivity contribution in [2.24, 2.45) is 10.9 Å². The summed E-state index contributed by atoms with van der Waals surface area (Å²) in [6.45, 7) is 1.86. The number of halogens is 1. The highest BCUT2D eigenvalue weighted by Gasteiger charge is 2.52. The van der Waals surface area contributed by atoms with Crippen molar-refractivity contribution in [3.05, 3.63) is 83.4 Å². The largest absolute Gasteiger partial charge is 0.484 e. The molecular weight excluding hydrogens is 496 g/mol. The first-order valence-corrected chi connectivity index (χ1v) is 12.1. The second kappa shape index (κ2) is 11.3. The number of amides is 3. The van der Waals surface area contributed by atoms with E-state index < -0.39 is 17.6 Å². The Morgan fingerprint density at radius 1 is 1.24 bits per heavy atom. The molecule has 1 saturated heterocycles. The number of rotatable bonds is 8. The summed E-state index contributed by atoms with van der Waals surface area (Å²) < 4.78 is 5.49. The van der Waals surface area contributed by atoms with E-state index in [0.29, 0.717) is 28.6 Å². The van der Waals surface area contributed by atoms with E-state index in [-0.39, 0.29) is 31.4 Å². The minimum absolute atomic E-state index is 0.167. The first-order valence-electron chi connectivity index (χ1n) is 11.7. The van der Waals surface area contributed by atoms with Crippen molar-refractivity contribution in [1.29, 1.82) is 0 Å². The van der Waals surface area contributed by atoms with Crippen LogP contribution < -0.4 is 15.8 Å². The number of likely N-dealkylation sites (tertiary alicyclic amines) is 1. The summed E-state index contributed by atoms with van der Waals surface area (Å²) in [6.07, 6.45) is 7.17. The van der Waals surface area contributed by atoms with E-state index >= 15 is 0 Å². The molecule has 192 valence electrons. The monoisotopic (exact) mass is 522 g/mol. The second-order valence-corrected chi connectivity index (χ2v) is 9.27. The fraction of sp³-hybridized carbons (Fsp3) is 0.259. The van der Waals surface area contributed by atoms with E-state index in [1.54, 1.807) is 60.7 Å². The number of benzene rings is 2. The first kappa shape index (κ1) is 26.0. The van der Waals surface area contributed by atoms with Crippen LogP contribution >= 0.6 is 11.6 Å². The lowest BCUT2D eigenvalue weighted by Gasteiger charge is -2.21. The normalized spacial score (nSPS) is 20.9. The fourth-order valence-electron chi connectivity index (χ4n) is 4.30. The van der Waals surface area contributed by atoms with Crippen molar-refractivity contribution in [2.45, 2.75) is 31.4 Å². The molecule has 1 fully saturated rings. The highest BCUT2D eigenvalue weighted by Crippen LogP contribution is 2.39. The van der Waals surface area contributed by atoms with Crippen LogP contribution in [0.2, 0.25) is 5.02 Å². The van der Waals surface area contributed by atoms with Crippen LogP contribution in [0.3, 0.4) is 0 Å². The standard InChI is InChI=1S/C27H27ClN4O5/c1-2-3-4-8-25(34)32-17-27(15-23(32)26(29)35)14-22(31-37-27)18-6-5-7-20(13-18)30-24(33)16-36-21-11-9-19(28)10-12-21/h2-13,23H,14-17H2,1H3,(H2,29,35)(H,30,33)/b3-2-,8-4+/t23-,27?/m0/s1. The molecule has 9 nitrogen and oxygen atoms in total. The van der Waals surface area contributed by atoms with Gasteiger partial charge in [-0.3, -0.25) is 14.4 Å². The number of nitrogens with one attached hydrogen (secondary N) is 1. The molecule has 0 aromatic heterocycles. The first-order chi connectivity index (χ1) is 17.8. The molecule has 0 radical (unpaired) electrons. The maximum Gasteiger partial charge on any atom is 0.262 e. The summed E-state index contributed by atoms with van der Waals surface area (Å²) in [7, 11) is 0. The lowest BCUT2D eigenvalue weighted by molar-refractivity contribution is -0.133. The molecule has 0 aliphatic carbocycles. The number of primary amides is 1. The third-order valence-electron chi connectivity index (χ3n) is 6.06. The van der Waals surface area contributed by atoms with Crippen molar-refractivity contribution in [2.75, 3.05) is 18.5 Å². The average molecular weight is 523 g/mol. The van der Waals surface area contributed by atoms with Crippen LogP contribution in [-0.2, 0) is 19.2 Å². The van der Waals surface area contributed by atoms with E-state index in [4.69, 9.17) is 26.9 Å². The van der Waals surface area contributed by atoms with Gasteiger partial charge in [0, 0.05) is 35.2 Å². The maximum absolute atomic E-state index is 12.7. The quantitative estimate of drug-likeness (QED) is 0.406. The zero-order valence-corrected chi connectivity index (χ0v) is 21.0. The van der Waals surface area contributed by atoms with Crippen LogP contribution in [0.4, 0.5) is 5.69 Å². The zero-order chi connectivity index (χ0) is 26.4. The van der Waals surface area contributed by atoms with Gasteiger partial charge in [-0.2, -0.15) is 0 Å². The highest BCUT2D eigenvalue weighted by molar-refractivity contribution is 6.30. The number of carbonyl (C=O) groups is 3. The van der Waals surface area contributed by atoms with Crippen LogP contribution in [-0.4, -0.2) is 53.1 Å². The minimum atomic E-state index is -0.842. The van der Waals surface area contributed by atoms with Crippen molar-refractivity contribution in [3.8, 4) is 5.75 Å². The van der Waals surface area contributed by atoms with Gasteiger partial charge in [0.15, 0.2) is 12.2 Å². The van der Waals surface area contributed by atoms with Crippen LogP contribution in [0.1, 0.15) is 25.3 Å². The number of hydrogen-bond donors (Lipinski definition) is 2. The van der Waals surface area contributed by atoms with Crippen LogP contribution in [0.15, 0.2) is 78.0 Å². The molecule has 2 aromatic carbocycles. The number of ether oxygens (including phenoxy) is 1. The Labute approximate surface area is 219 Å². The summed E-state index contributed by atoms with van der Waals surface area (Å²) in [5, 5.41) is 7.64. The van der Waals surface area contributed by atoms with Crippen molar-refractivity contribution >= 4 is 40.7 Å². The molecular formula is C27H27ClN4O5. The number of anilines is 1. The third-order valence-corrected chi connectivity index (χ3v) is 6.31. The molecule has 37 heavy (non-hydrogen) atoms. The van der Waals surface area contributed by atoms with Crippen LogP contribution in [0.5, 0.6) is 5.75 Å². The molecule has 2 atom stereocenters. The van der Waals surface area contributed by atoms with Gasteiger partial charge >= 0.3 is 0 Å². The molecule has 3 N–H and O–H groups in total. The van der Waals surface area contributed by atoms with Crippen LogP contribution in [0.25, 0.3) is 0 Å². The van der Waals surface area contributed by atoms with E-state index in [0.717, 1.165) is 5.56 Å². The molecule has 2 aromatic rings. The summed E-state index contributed by atoms with van der Waals surface area (Å²) >= 11 is 5.86. The molecule has 2 aliphatic rings. The van der Waals surface area contributed by atoms with Gasteiger partial charge in [0.2, 0.25) is 11.8 Å². The van der Waals surface area contributed by atoms with Gasteiger partial charge in [-0.25, -0.2) is 0 Å². The third kappa shape index (κ3) is 6.37. The molecule has 1 unspecified atom stereocenters. The SMILES string of the molecule is C/C=C\C=C\C(=O)N1CC2(CC(c3cccc(NC(=O)COc4ccc(Cl)cc4)c3)=NO2)C[C@H]1C(N)=O. The van der Waals surface area contributed by atoms with E-state index in [2.05, 4.69) is 10.5 Å². The van der Waals surface area contributed by atoms with Gasteiger partial charge in [-0.1, -0.05) is 47.1 Å². The van der Waals surface area contributed by atoms with E-state index in [1.807, 2.05) is 13.0 Å². The van der Waals surface area contributed by atoms with Gasteiger partial charge in [0.25, 0.3) is 5.91 Å². The Morgan fingerprint density at radius 2 is 2.03 bits per heavy atom. The number of carbonyl (C=O) groups excluding carboxylic acids is 3. The molecule has 4 rings (SSSR count). The summed E-state index contributed by atoms with van der Waals surface area (Å²) in [6, 6.07) is 13.1. The molecule has 0 saturated carbocycles. The predicted octanol–water partition coefficient (Wildman–Crippen LogP) is 3.44. The van der Waals surface area contributed by atoms with Gasteiger partial charge < -0.3 is 25.5 Å². The molecule has 0 bridgehead atoms. The molecule has 10 heteroatoms. The molecule has 3 amide bonds. The molecule has 2 aliphatic heterocycles. The smallest absolute Gasteiger partial charge is 0.262 e. The summed E-state index contributed by atoms with van der Waals surface area (Å²) in [4.78, 5) is 44.4. The Kier molecular flexibility index (Phi) is 7.93. The van der Waals surface area contributed by atoms with Gasteiger partial charge in [0.05, 0.1) is 12.3 Å². The van der Waals surface area contributed by atoms with Gasteiger partial charge in [-0.15, -0.1) is 0 Å². The predicted molar refractivity (Wildman–Crippen MR) is 140 cm³/mol. The van der Waals surface area contributed by atoms with Crippen molar-refractivity contribution in [1.82, 2.24) is 4.90 Å². The number of oxime groups is 1. The minimum Gasteiger partial charge on any atom is -0.484 e. The van der Waals surface area contributed by atoms with E-state index in [9.17, 15) is 14.4 Å². The maximum atomic E-state index is 12.7. The zero-order valence-electron chi connectivity index (χ0n) is 20.2. The topological polar surface area (TPSA) is 123 Å². The van der Waals surface area contributed by atoms with Gasteiger partial charge in [-0.05, 0) is 43.3 Å². The lowest BCUT2D eigenvalue weighted by Crippen LogP contribution is -2.43. The van der Waals surface area contributed by atoms with Crippen molar-refractivity contribution < 1.29 is 24.0 Å². The Balaban J connectivity index is 1.39.